The summed E-state index contributed by atoms with van der Waals surface area (Å²) in [5, 5.41) is 11.3. The number of fused-ring (bicyclic) bond motifs is 1. The average Bonchev–Trinajstić information content (AvgIpc) is 3.25. The third kappa shape index (κ3) is 2.65. The van der Waals surface area contributed by atoms with Crippen molar-refractivity contribution in [2.45, 2.75) is 0 Å². The average molecular weight is 343 g/mol. The van der Waals surface area contributed by atoms with Crippen LogP contribution < -0.4 is 14.8 Å². The maximum absolute atomic E-state index is 12.4. The summed E-state index contributed by atoms with van der Waals surface area (Å²) in [6, 6.07) is 12.5. The highest BCUT2D eigenvalue weighted by Gasteiger charge is 2.19. The van der Waals surface area contributed by atoms with Crippen LogP contribution in [0.5, 0.6) is 11.5 Å². The first-order valence-electron chi connectivity index (χ1n) is 7.09. The van der Waals surface area contributed by atoms with Crippen LogP contribution in [0.3, 0.4) is 0 Å². The van der Waals surface area contributed by atoms with E-state index < -0.39 is 5.91 Å². The molecule has 0 aliphatic carbocycles. The van der Waals surface area contributed by atoms with Crippen molar-refractivity contribution in [2.24, 2.45) is 0 Å². The van der Waals surface area contributed by atoms with E-state index in [2.05, 4.69) is 15.5 Å². The number of halogens is 1. The van der Waals surface area contributed by atoms with Crippen molar-refractivity contribution >= 4 is 23.2 Å². The van der Waals surface area contributed by atoms with E-state index in [1.54, 1.807) is 12.1 Å². The lowest BCUT2D eigenvalue weighted by atomic mass is 10.2. The van der Waals surface area contributed by atoms with E-state index in [1.807, 2.05) is 30.3 Å². The molecule has 1 aromatic heterocycles. The predicted octanol–water partition coefficient (Wildman–Crippen LogP) is 2.90. The molecule has 0 saturated carbocycles. The number of carbonyl (C=O) groups is 1. The van der Waals surface area contributed by atoms with E-state index in [4.69, 9.17) is 21.1 Å². The van der Waals surface area contributed by atoms with Crippen LogP contribution in [0.25, 0.3) is 5.69 Å². The van der Waals surface area contributed by atoms with Crippen molar-refractivity contribution in [3.8, 4) is 17.2 Å². The number of aromatic nitrogens is 3. The topological polar surface area (TPSA) is 78.3 Å². The van der Waals surface area contributed by atoms with Crippen LogP contribution in [0.1, 0.15) is 10.5 Å². The zero-order valence-electron chi connectivity index (χ0n) is 12.3. The molecule has 7 nitrogen and oxygen atoms in total. The predicted molar refractivity (Wildman–Crippen MR) is 86.9 cm³/mol. The zero-order valence-corrected chi connectivity index (χ0v) is 13.0. The molecule has 2 heterocycles. The van der Waals surface area contributed by atoms with Crippen LogP contribution in [-0.4, -0.2) is 27.7 Å². The molecule has 0 atom stereocenters. The lowest BCUT2D eigenvalue weighted by molar-refractivity contribution is 0.102. The molecule has 0 radical (unpaired) electrons. The van der Waals surface area contributed by atoms with Crippen LogP contribution >= 0.6 is 11.6 Å². The van der Waals surface area contributed by atoms with E-state index in [9.17, 15) is 4.79 Å². The number of para-hydroxylation sites is 1. The molecular formula is C16H11ClN4O3. The Morgan fingerprint density at radius 2 is 1.92 bits per heavy atom. The van der Waals surface area contributed by atoms with Gasteiger partial charge in [0.25, 0.3) is 5.91 Å². The second kappa shape index (κ2) is 5.86. The maximum atomic E-state index is 12.4. The molecule has 1 N–H and O–H groups in total. The van der Waals surface area contributed by atoms with Crippen molar-refractivity contribution in [2.75, 3.05) is 12.1 Å². The molecule has 24 heavy (non-hydrogen) atoms. The van der Waals surface area contributed by atoms with Crippen LogP contribution in [0.4, 0.5) is 5.69 Å². The van der Waals surface area contributed by atoms with Crippen molar-refractivity contribution in [1.82, 2.24) is 15.0 Å². The molecule has 120 valence electrons. The standard InChI is InChI=1S/C16H11ClN4O3/c17-11-6-14-15(24-9-23-14)7-12(11)19-16(22)13-8-18-21(20-13)10-4-2-1-3-5-10/h1-8H,9H2,(H,19,22). The fourth-order valence-electron chi connectivity index (χ4n) is 2.25. The molecule has 1 aliphatic heterocycles. The first-order valence-corrected chi connectivity index (χ1v) is 7.47. The Morgan fingerprint density at radius 1 is 1.17 bits per heavy atom. The number of nitrogens with zero attached hydrogens (tertiary/aromatic N) is 3. The number of anilines is 1. The molecule has 0 unspecified atom stereocenters. The Balaban J connectivity index is 1.56. The molecular weight excluding hydrogens is 332 g/mol. The zero-order chi connectivity index (χ0) is 16.5. The van der Waals surface area contributed by atoms with Gasteiger partial charge in [-0.25, -0.2) is 0 Å². The number of rotatable bonds is 3. The third-order valence-electron chi connectivity index (χ3n) is 3.42. The Bertz CT molecular complexity index is 911. The first-order chi connectivity index (χ1) is 11.7. The van der Waals surface area contributed by atoms with Crippen LogP contribution in [0, 0.1) is 0 Å². The Kier molecular flexibility index (Phi) is 3.55. The van der Waals surface area contributed by atoms with Gasteiger partial charge in [-0.2, -0.15) is 9.90 Å². The van der Waals surface area contributed by atoms with Crippen LogP contribution in [-0.2, 0) is 0 Å². The van der Waals surface area contributed by atoms with E-state index >= 15 is 0 Å². The van der Waals surface area contributed by atoms with Gasteiger partial charge in [0.05, 0.1) is 22.6 Å². The smallest absolute Gasteiger partial charge is 0.277 e. The van der Waals surface area contributed by atoms with Gasteiger partial charge in [0.1, 0.15) is 0 Å². The minimum atomic E-state index is -0.419. The molecule has 0 fully saturated rings. The lowest BCUT2D eigenvalue weighted by Gasteiger charge is -2.07. The Hall–Kier alpha value is -3.06. The molecule has 8 heteroatoms. The van der Waals surface area contributed by atoms with Gasteiger partial charge < -0.3 is 14.8 Å². The molecule has 0 bridgehead atoms. The van der Waals surface area contributed by atoms with Gasteiger partial charge in [-0.15, -0.1) is 5.10 Å². The summed E-state index contributed by atoms with van der Waals surface area (Å²) in [7, 11) is 0. The number of nitrogens with one attached hydrogen (secondary N) is 1. The summed E-state index contributed by atoms with van der Waals surface area (Å²) >= 11 is 6.15. The Labute approximate surface area is 141 Å². The van der Waals surface area contributed by atoms with Crippen LogP contribution in [0.15, 0.2) is 48.7 Å². The molecule has 1 aliphatic rings. The van der Waals surface area contributed by atoms with Crippen molar-refractivity contribution in [1.29, 1.82) is 0 Å². The number of amides is 1. The molecule has 1 amide bonds. The second-order valence-electron chi connectivity index (χ2n) is 4.99. The minimum Gasteiger partial charge on any atom is -0.454 e. The number of carbonyl (C=O) groups excluding carboxylic acids is 1. The number of hydrogen-bond donors (Lipinski definition) is 1. The quantitative estimate of drug-likeness (QED) is 0.791. The van der Waals surface area contributed by atoms with Gasteiger partial charge >= 0.3 is 0 Å². The molecule has 2 aromatic carbocycles. The second-order valence-corrected chi connectivity index (χ2v) is 5.40. The van der Waals surface area contributed by atoms with E-state index in [0.717, 1.165) is 5.69 Å². The summed E-state index contributed by atoms with van der Waals surface area (Å²) in [4.78, 5) is 13.7. The molecule has 0 spiro atoms. The first kappa shape index (κ1) is 14.5. The summed E-state index contributed by atoms with van der Waals surface area (Å²) < 4.78 is 10.5. The third-order valence-corrected chi connectivity index (χ3v) is 3.73. The van der Waals surface area contributed by atoms with Gasteiger partial charge in [0.15, 0.2) is 17.2 Å². The highest BCUT2D eigenvalue weighted by atomic mass is 35.5. The minimum absolute atomic E-state index is 0.133. The SMILES string of the molecule is O=C(Nc1cc2c(cc1Cl)OCO2)c1cnn(-c2ccccc2)n1. The van der Waals surface area contributed by atoms with E-state index in [0.29, 0.717) is 22.2 Å². The van der Waals surface area contributed by atoms with E-state index in [1.165, 1.54) is 11.0 Å². The number of hydrogen-bond acceptors (Lipinski definition) is 5. The fourth-order valence-corrected chi connectivity index (χ4v) is 2.45. The molecule has 0 saturated heterocycles. The lowest BCUT2D eigenvalue weighted by Crippen LogP contribution is -2.13. The monoisotopic (exact) mass is 342 g/mol. The van der Waals surface area contributed by atoms with Gasteiger partial charge in [-0.05, 0) is 12.1 Å². The molecule has 4 rings (SSSR count). The van der Waals surface area contributed by atoms with Gasteiger partial charge in [0, 0.05) is 12.1 Å². The van der Waals surface area contributed by atoms with Crippen LogP contribution in [0.2, 0.25) is 5.02 Å². The summed E-state index contributed by atoms with van der Waals surface area (Å²) in [6.45, 7) is 0.133. The summed E-state index contributed by atoms with van der Waals surface area (Å²) in [6.07, 6.45) is 1.39. The maximum Gasteiger partial charge on any atom is 0.277 e. The van der Waals surface area contributed by atoms with E-state index in [-0.39, 0.29) is 12.5 Å². The van der Waals surface area contributed by atoms with Gasteiger partial charge in [-0.1, -0.05) is 29.8 Å². The Morgan fingerprint density at radius 3 is 2.71 bits per heavy atom. The van der Waals surface area contributed by atoms with Gasteiger partial charge in [-0.3, -0.25) is 4.79 Å². The highest BCUT2D eigenvalue weighted by Crippen LogP contribution is 2.39. The fraction of sp³-hybridized carbons (Fsp3) is 0.0625. The summed E-state index contributed by atoms with van der Waals surface area (Å²) in [5.74, 6) is 0.661. The van der Waals surface area contributed by atoms with Gasteiger partial charge in [0.2, 0.25) is 6.79 Å². The van der Waals surface area contributed by atoms with Crippen molar-refractivity contribution in [3.63, 3.8) is 0 Å². The summed E-state index contributed by atoms with van der Waals surface area (Å²) in [5.41, 5.74) is 1.35. The van der Waals surface area contributed by atoms with Crippen molar-refractivity contribution in [3.05, 3.63) is 59.4 Å². The highest BCUT2D eigenvalue weighted by molar-refractivity contribution is 6.34. The normalized spacial score (nSPS) is 12.2. The number of ether oxygens (including phenoxy) is 2. The largest absolute Gasteiger partial charge is 0.454 e. The molecule has 3 aromatic rings. The number of benzene rings is 2. The van der Waals surface area contributed by atoms with Crippen molar-refractivity contribution < 1.29 is 14.3 Å².